The molecule has 1 aromatic carbocycles. The number of carbonyl (C=O) groups is 2. The van der Waals surface area contributed by atoms with Crippen LogP contribution in [0, 0.1) is 19.7 Å². The number of nitrogens with zero attached hydrogens (tertiary/aromatic N) is 4. The van der Waals surface area contributed by atoms with Gasteiger partial charge in [0.05, 0.1) is 5.02 Å². The third-order valence-electron chi connectivity index (χ3n) is 5.52. The Morgan fingerprint density at radius 3 is 2.50 bits per heavy atom. The molecule has 1 saturated heterocycles. The Bertz CT molecular complexity index is 1170. The van der Waals surface area contributed by atoms with Crippen molar-refractivity contribution in [1.82, 2.24) is 14.8 Å². The van der Waals surface area contributed by atoms with E-state index in [0.717, 1.165) is 37.4 Å². The van der Waals surface area contributed by atoms with Crippen molar-refractivity contribution in [3.8, 4) is 5.69 Å². The van der Waals surface area contributed by atoms with Gasteiger partial charge in [0, 0.05) is 35.7 Å². The lowest BCUT2D eigenvalue weighted by Crippen LogP contribution is -2.20. The molecule has 32 heavy (non-hydrogen) atoms. The van der Waals surface area contributed by atoms with Crippen LogP contribution in [0.15, 0.2) is 36.4 Å². The zero-order valence-electron chi connectivity index (χ0n) is 17.8. The molecular weight excluding hydrogens is 435 g/mol. The fraction of sp³-hybridized carbons (Fsp3) is 0.304. The maximum atomic E-state index is 13.5. The van der Waals surface area contributed by atoms with E-state index < -0.39 is 18.4 Å². The molecule has 9 heteroatoms. The summed E-state index contributed by atoms with van der Waals surface area (Å²) in [6.45, 7) is 5.01. The number of ketones is 1. The highest BCUT2D eigenvalue weighted by molar-refractivity contribution is 6.30. The highest BCUT2D eigenvalue weighted by Crippen LogP contribution is 2.25. The zero-order valence-corrected chi connectivity index (χ0v) is 18.5. The molecule has 0 saturated carbocycles. The van der Waals surface area contributed by atoms with E-state index >= 15 is 0 Å². The number of aryl methyl sites for hydroxylation is 1. The number of rotatable bonds is 6. The Balaban J connectivity index is 1.44. The Kier molecular flexibility index (Phi) is 6.23. The third-order valence-corrected chi connectivity index (χ3v) is 5.81. The number of esters is 1. The van der Waals surface area contributed by atoms with Crippen molar-refractivity contribution in [2.75, 3.05) is 24.6 Å². The lowest BCUT2D eigenvalue weighted by Gasteiger charge is -2.15. The summed E-state index contributed by atoms with van der Waals surface area (Å²) in [5.74, 6) is -0.855. The monoisotopic (exact) mass is 456 g/mol. The van der Waals surface area contributed by atoms with Crippen molar-refractivity contribution < 1.29 is 18.7 Å². The molecule has 0 unspecified atom stereocenters. The van der Waals surface area contributed by atoms with Crippen LogP contribution in [0.2, 0.25) is 5.02 Å². The number of Topliss-reactive ketones (excluding diaryl/α,β-unsaturated/α-hetero) is 1. The molecule has 1 fully saturated rings. The molecule has 3 aromatic rings. The molecule has 1 aliphatic rings. The number of benzene rings is 1. The second-order valence-electron chi connectivity index (χ2n) is 7.69. The lowest BCUT2D eigenvalue weighted by molar-refractivity contribution is 0.0467. The average molecular weight is 457 g/mol. The number of halogens is 2. The van der Waals surface area contributed by atoms with E-state index in [4.69, 9.17) is 16.3 Å². The molecule has 4 rings (SSSR count). The minimum atomic E-state index is -0.710. The van der Waals surface area contributed by atoms with Crippen molar-refractivity contribution in [1.29, 1.82) is 0 Å². The van der Waals surface area contributed by atoms with Gasteiger partial charge in [-0.2, -0.15) is 0 Å². The summed E-state index contributed by atoms with van der Waals surface area (Å²) < 4.78 is 20.5. The smallest absolute Gasteiger partial charge is 0.359 e. The molecule has 0 atom stereocenters. The topological polar surface area (TPSA) is 77.3 Å². The van der Waals surface area contributed by atoms with Crippen molar-refractivity contribution in [2.45, 2.75) is 26.7 Å². The highest BCUT2D eigenvalue weighted by Gasteiger charge is 2.20. The molecule has 0 radical (unpaired) electrons. The minimum absolute atomic E-state index is 0.00587. The van der Waals surface area contributed by atoms with Gasteiger partial charge in [-0.1, -0.05) is 11.6 Å². The molecule has 0 N–H and O–H groups in total. The Morgan fingerprint density at radius 2 is 1.84 bits per heavy atom. The molecule has 166 valence electrons. The van der Waals surface area contributed by atoms with Crippen LogP contribution < -0.4 is 4.90 Å². The maximum Gasteiger partial charge on any atom is 0.359 e. The van der Waals surface area contributed by atoms with Gasteiger partial charge < -0.3 is 14.2 Å². The van der Waals surface area contributed by atoms with E-state index in [1.807, 2.05) is 6.92 Å². The van der Waals surface area contributed by atoms with Gasteiger partial charge in [0.15, 0.2) is 18.1 Å². The summed E-state index contributed by atoms with van der Waals surface area (Å²) in [4.78, 5) is 27.1. The zero-order chi connectivity index (χ0) is 22.8. The summed E-state index contributed by atoms with van der Waals surface area (Å²) in [7, 11) is 0. The number of aromatic nitrogens is 3. The molecular formula is C23H22ClFN4O3. The molecule has 0 spiro atoms. The van der Waals surface area contributed by atoms with Crippen LogP contribution in [-0.2, 0) is 4.74 Å². The summed E-state index contributed by atoms with van der Waals surface area (Å²) in [5, 5.41) is 8.03. The summed E-state index contributed by atoms with van der Waals surface area (Å²) >= 11 is 5.90. The third kappa shape index (κ3) is 4.36. The van der Waals surface area contributed by atoms with E-state index in [9.17, 15) is 14.0 Å². The number of hydrogen-bond donors (Lipinski definition) is 0. The highest BCUT2D eigenvalue weighted by atomic mass is 35.5. The van der Waals surface area contributed by atoms with Crippen LogP contribution in [0.1, 0.15) is 45.1 Å². The first kappa shape index (κ1) is 22.0. The van der Waals surface area contributed by atoms with Gasteiger partial charge in [-0.05, 0) is 63.1 Å². The van der Waals surface area contributed by atoms with E-state index in [2.05, 4.69) is 15.1 Å². The van der Waals surface area contributed by atoms with Crippen molar-refractivity contribution in [3.63, 3.8) is 0 Å². The van der Waals surface area contributed by atoms with Crippen LogP contribution in [-0.4, -0.2) is 46.2 Å². The van der Waals surface area contributed by atoms with Crippen molar-refractivity contribution in [3.05, 3.63) is 69.9 Å². The van der Waals surface area contributed by atoms with E-state index in [1.54, 1.807) is 35.8 Å². The molecule has 0 amide bonds. The van der Waals surface area contributed by atoms with Crippen LogP contribution in [0.4, 0.5) is 10.2 Å². The molecule has 2 aromatic heterocycles. The number of anilines is 1. The average Bonchev–Trinajstić information content (AvgIpc) is 3.42. The standard InChI is InChI=1S/C23H22ClFN4O3/c1-14-11-17(15(2)29(14)16-5-6-19(25)18(24)12-16)21(30)13-32-23(31)20-7-8-22(27-26-20)28-9-3-4-10-28/h5-8,11-12H,3-4,9-10,13H2,1-2H3. The lowest BCUT2D eigenvalue weighted by atomic mass is 10.1. The molecule has 3 heterocycles. The first-order valence-electron chi connectivity index (χ1n) is 10.3. The SMILES string of the molecule is Cc1cc(C(=O)COC(=O)c2ccc(N3CCCC3)nn2)c(C)n1-c1ccc(F)c(Cl)c1. The second-order valence-corrected chi connectivity index (χ2v) is 8.10. The van der Waals surface area contributed by atoms with E-state index in [-0.39, 0.29) is 16.5 Å². The van der Waals surface area contributed by atoms with E-state index in [1.165, 1.54) is 12.1 Å². The van der Waals surface area contributed by atoms with Gasteiger partial charge in [0.2, 0.25) is 5.78 Å². The quantitative estimate of drug-likeness (QED) is 0.406. The van der Waals surface area contributed by atoms with Crippen LogP contribution in [0.3, 0.4) is 0 Å². The Hall–Kier alpha value is -3.26. The predicted molar refractivity (Wildman–Crippen MR) is 118 cm³/mol. The first-order chi connectivity index (χ1) is 15.3. The van der Waals surface area contributed by atoms with E-state index in [0.29, 0.717) is 16.9 Å². The number of ether oxygens (including phenoxy) is 1. The van der Waals surface area contributed by atoms with Crippen LogP contribution in [0.25, 0.3) is 5.69 Å². The van der Waals surface area contributed by atoms with Gasteiger partial charge in [-0.25, -0.2) is 9.18 Å². The summed E-state index contributed by atoms with van der Waals surface area (Å²) in [6, 6.07) is 9.34. The van der Waals surface area contributed by atoms with Gasteiger partial charge in [-0.15, -0.1) is 10.2 Å². The normalized spacial score (nSPS) is 13.4. The molecule has 1 aliphatic heterocycles. The minimum Gasteiger partial charge on any atom is -0.453 e. The molecule has 7 nitrogen and oxygen atoms in total. The largest absolute Gasteiger partial charge is 0.453 e. The number of hydrogen-bond acceptors (Lipinski definition) is 6. The second kappa shape index (κ2) is 9.08. The van der Waals surface area contributed by atoms with Crippen molar-refractivity contribution >= 4 is 29.2 Å². The fourth-order valence-electron chi connectivity index (χ4n) is 3.90. The first-order valence-corrected chi connectivity index (χ1v) is 10.7. The number of carbonyl (C=O) groups excluding carboxylic acids is 2. The Morgan fingerprint density at radius 1 is 1.09 bits per heavy atom. The van der Waals surface area contributed by atoms with Crippen molar-refractivity contribution in [2.24, 2.45) is 0 Å². The van der Waals surface area contributed by atoms with Crippen LogP contribution in [0.5, 0.6) is 0 Å². The fourth-order valence-corrected chi connectivity index (χ4v) is 4.07. The van der Waals surface area contributed by atoms with Gasteiger partial charge in [0.1, 0.15) is 5.82 Å². The Labute approximate surface area is 189 Å². The van der Waals surface area contributed by atoms with Gasteiger partial charge >= 0.3 is 5.97 Å². The maximum absolute atomic E-state index is 13.5. The molecule has 0 bridgehead atoms. The van der Waals surface area contributed by atoms with Crippen LogP contribution >= 0.6 is 11.6 Å². The van der Waals surface area contributed by atoms with Gasteiger partial charge in [-0.3, -0.25) is 4.79 Å². The molecule has 0 aliphatic carbocycles. The predicted octanol–water partition coefficient (Wildman–Crippen LogP) is 4.32. The summed E-state index contributed by atoms with van der Waals surface area (Å²) in [6.07, 6.45) is 2.23. The van der Waals surface area contributed by atoms with Gasteiger partial charge in [0.25, 0.3) is 0 Å². The summed E-state index contributed by atoms with van der Waals surface area (Å²) in [5.41, 5.74) is 2.50.